The molecule has 2 rings (SSSR count). The van der Waals surface area contributed by atoms with Crippen LogP contribution in [-0.4, -0.2) is 18.1 Å². The van der Waals surface area contributed by atoms with Crippen LogP contribution in [0, 0.1) is 0 Å². The van der Waals surface area contributed by atoms with Gasteiger partial charge in [-0.25, -0.2) is 0 Å². The average Bonchev–Trinajstić information content (AvgIpc) is 2.46. The summed E-state index contributed by atoms with van der Waals surface area (Å²) in [6, 6.07) is 9.96. The fourth-order valence-electron chi connectivity index (χ4n) is 2.25. The number of pyridine rings is 1. The molecule has 0 radical (unpaired) electrons. The molecule has 1 atom stereocenters. The number of nitrogens with one attached hydrogen (secondary N) is 1. The molecule has 0 aliphatic rings. The zero-order valence-electron chi connectivity index (χ0n) is 11.4. The Morgan fingerprint density at radius 1 is 1.15 bits per heavy atom. The van der Waals surface area contributed by atoms with Crippen molar-refractivity contribution in [3.05, 3.63) is 63.9 Å². The zero-order chi connectivity index (χ0) is 14.4. The summed E-state index contributed by atoms with van der Waals surface area (Å²) >= 11 is 12.5. The Morgan fingerprint density at radius 3 is 2.65 bits per heavy atom. The van der Waals surface area contributed by atoms with E-state index in [1.54, 1.807) is 12.4 Å². The number of hydrogen-bond donors (Lipinski definition) is 1. The number of hydrogen-bond acceptors (Lipinski definition) is 2. The summed E-state index contributed by atoms with van der Waals surface area (Å²) in [6.07, 6.45) is 4.31. The van der Waals surface area contributed by atoms with Crippen LogP contribution in [0.15, 0.2) is 42.7 Å². The molecule has 0 saturated heterocycles. The van der Waals surface area contributed by atoms with Crippen LogP contribution in [0.25, 0.3) is 0 Å². The van der Waals surface area contributed by atoms with E-state index in [-0.39, 0.29) is 0 Å². The van der Waals surface area contributed by atoms with Gasteiger partial charge in [-0.05, 0) is 36.2 Å². The lowest BCUT2D eigenvalue weighted by Crippen LogP contribution is -2.23. The minimum absolute atomic E-state index is 0.295. The molecule has 0 aliphatic heterocycles. The van der Waals surface area contributed by atoms with Gasteiger partial charge in [0.05, 0.1) is 5.02 Å². The molecule has 20 heavy (non-hydrogen) atoms. The van der Waals surface area contributed by atoms with Gasteiger partial charge in [-0.2, -0.15) is 0 Å². The fourth-order valence-corrected chi connectivity index (χ4v) is 2.74. The molecule has 4 heteroatoms. The van der Waals surface area contributed by atoms with Crippen molar-refractivity contribution in [2.45, 2.75) is 19.3 Å². The maximum Gasteiger partial charge on any atom is 0.0621 e. The summed E-state index contributed by atoms with van der Waals surface area (Å²) in [6.45, 7) is 3.91. The summed E-state index contributed by atoms with van der Waals surface area (Å²) in [5.74, 6) is 0.295. The predicted molar refractivity (Wildman–Crippen MR) is 85.7 cm³/mol. The lowest BCUT2D eigenvalue weighted by molar-refractivity contribution is 0.595. The molecular formula is C16H18Cl2N2. The lowest BCUT2D eigenvalue weighted by atomic mass is 9.92. The van der Waals surface area contributed by atoms with E-state index in [0.717, 1.165) is 35.7 Å². The van der Waals surface area contributed by atoms with E-state index in [1.807, 2.05) is 24.3 Å². The monoisotopic (exact) mass is 308 g/mol. The van der Waals surface area contributed by atoms with Gasteiger partial charge < -0.3 is 5.32 Å². The molecule has 1 aromatic heterocycles. The molecule has 0 bridgehead atoms. The number of likely N-dealkylation sites (N-methyl/N-ethyl adjacent to an activating group) is 1. The summed E-state index contributed by atoms with van der Waals surface area (Å²) in [5.41, 5.74) is 2.26. The average molecular weight is 309 g/mol. The highest BCUT2D eigenvalue weighted by Gasteiger charge is 2.16. The summed E-state index contributed by atoms with van der Waals surface area (Å²) < 4.78 is 0. The number of nitrogens with zero attached hydrogens (tertiary/aromatic N) is 1. The highest BCUT2D eigenvalue weighted by atomic mass is 35.5. The molecule has 1 unspecified atom stereocenters. The smallest absolute Gasteiger partial charge is 0.0621 e. The summed E-state index contributed by atoms with van der Waals surface area (Å²) in [7, 11) is 0. The van der Waals surface area contributed by atoms with E-state index < -0.39 is 0 Å². The van der Waals surface area contributed by atoms with Crippen molar-refractivity contribution in [2.24, 2.45) is 0 Å². The van der Waals surface area contributed by atoms with Crippen LogP contribution in [0.1, 0.15) is 24.0 Å². The second kappa shape index (κ2) is 7.63. The first-order valence-corrected chi connectivity index (χ1v) is 7.51. The minimum Gasteiger partial charge on any atom is -0.316 e. The third-order valence-corrected chi connectivity index (χ3v) is 3.99. The second-order valence-electron chi connectivity index (χ2n) is 4.70. The van der Waals surface area contributed by atoms with Gasteiger partial charge in [0.2, 0.25) is 0 Å². The van der Waals surface area contributed by atoms with Gasteiger partial charge in [0.15, 0.2) is 0 Å². The van der Waals surface area contributed by atoms with Crippen molar-refractivity contribution in [1.82, 2.24) is 10.3 Å². The van der Waals surface area contributed by atoms with Crippen molar-refractivity contribution in [3.8, 4) is 0 Å². The first-order chi connectivity index (χ1) is 9.72. The van der Waals surface area contributed by atoms with E-state index in [4.69, 9.17) is 23.2 Å². The third-order valence-electron chi connectivity index (χ3n) is 3.31. The molecule has 0 spiro atoms. The first kappa shape index (κ1) is 15.3. The van der Waals surface area contributed by atoms with E-state index in [2.05, 4.69) is 23.3 Å². The normalized spacial score (nSPS) is 12.3. The molecule has 106 valence electrons. The van der Waals surface area contributed by atoms with Crippen LogP contribution in [0.2, 0.25) is 10.0 Å². The molecule has 1 aromatic carbocycles. The van der Waals surface area contributed by atoms with Crippen LogP contribution < -0.4 is 5.32 Å². The highest BCUT2D eigenvalue weighted by molar-refractivity contribution is 6.31. The molecule has 1 N–H and O–H groups in total. The van der Waals surface area contributed by atoms with Crippen LogP contribution in [0.4, 0.5) is 0 Å². The molecular weight excluding hydrogens is 291 g/mol. The first-order valence-electron chi connectivity index (χ1n) is 6.76. The van der Waals surface area contributed by atoms with Crippen molar-refractivity contribution in [3.63, 3.8) is 0 Å². The quantitative estimate of drug-likeness (QED) is 0.859. The Bertz CT molecular complexity index is 558. The SMILES string of the molecule is CCNCC(Cc1ccncc1Cl)c1ccccc1Cl. The largest absolute Gasteiger partial charge is 0.316 e. The molecule has 0 saturated carbocycles. The van der Waals surface area contributed by atoms with Gasteiger partial charge in [-0.3, -0.25) is 4.98 Å². The van der Waals surface area contributed by atoms with Gasteiger partial charge in [0.25, 0.3) is 0 Å². The lowest BCUT2D eigenvalue weighted by Gasteiger charge is -2.19. The molecule has 0 amide bonds. The van der Waals surface area contributed by atoms with E-state index in [0.29, 0.717) is 10.9 Å². The Kier molecular flexibility index (Phi) is 5.84. The van der Waals surface area contributed by atoms with Gasteiger partial charge in [0, 0.05) is 29.9 Å². The maximum absolute atomic E-state index is 6.33. The minimum atomic E-state index is 0.295. The summed E-state index contributed by atoms with van der Waals surface area (Å²) in [4.78, 5) is 4.03. The van der Waals surface area contributed by atoms with E-state index >= 15 is 0 Å². The topological polar surface area (TPSA) is 24.9 Å². The number of aromatic nitrogens is 1. The van der Waals surface area contributed by atoms with E-state index in [1.165, 1.54) is 0 Å². The zero-order valence-corrected chi connectivity index (χ0v) is 13.0. The van der Waals surface area contributed by atoms with Crippen molar-refractivity contribution in [2.75, 3.05) is 13.1 Å². The summed E-state index contributed by atoms with van der Waals surface area (Å²) in [5, 5.41) is 4.91. The fraction of sp³-hybridized carbons (Fsp3) is 0.312. The van der Waals surface area contributed by atoms with Crippen LogP contribution in [-0.2, 0) is 6.42 Å². The Hall–Kier alpha value is -1.09. The third kappa shape index (κ3) is 3.95. The molecule has 0 fully saturated rings. The number of halogens is 2. The van der Waals surface area contributed by atoms with Gasteiger partial charge in [-0.15, -0.1) is 0 Å². The molecule has 1 heterocycles. The van der Waals surface area contributed by atoms with Gasteiger partial charge in [-0.1, -0.05) is 48.3 Å². The predicted octanol–water partition coefficient (Wildman–Crippen LogP) is 4.32. The molecule has 2 aromatic rings. The Morgan fingerprint density at radius 2 is 1.95 bits per heavy atom. The van der Waals surface area contributed by atoms with Crippen LogP contribution >= 0.6 is 23.2 Å². The van der Waals surface area contributed by atoms with Crippen LogP contribution in [0.5, 0.6) is 0 Å². The van der Waals surface area contributed by atoms with Crippen molar-refractivity contribution >= 4 is 23.2 Å². The van der Waals surface area contributed by atoms with E-state index in [9.17, 15) is 0 Å². The Balaban J connectivity index is 2.24. The van der Waals surface area contributed by atoms with Gasteiger partial charge >= 0.3 is 0 Å². The van der Waals surface area contributed by atoms with Crippen molar-refractivity contribution < 1.29 is 0 Å². The van der Waals surface area contributed by atoms with Crippen LogP contribution in [0.3, 0.4) is 0 Å². The van der Waals surface area contributed by atoms with Crippen molar-refractivity contribution in [1.29, 1.82) is 0 Å². The maximum atomic E-state index is 6.33. The standard InChI is InChI=1S/C16H18Cl2N2/c1-2-19-10-13(14-5-3-4-6-15(14)17)9-12-7-8-20-11-16(12)18/h3-8,11,13,19H,2,9-10H2,1H3. The molecule has 2 nitrogen and oxygen atoms in total. The second-order valence-corrected chi connectivity index (χ2v) is 5.51. The number of benzene rings is 1. The number of rotatable bonds is 6. The highest BCUT2D eigenvalue weighted by Crippen LogP contribution is 2.29. The molecule has 0 aliphatic carbocycles. The Labute approximate surface area is 130 Å². The van der Waals surface area contributed by atoms with Gasteiger partial charge in [0.1, 0.15) is 0 Å².